The van der Waals surface area contributed by atoms with Crippen molar-refractivity contribution < 1.29 is 4.74 Å². The van der Waals surface area contributed by atoms with Crippen LogP contribution in [0.5, 0.6) is 0 Å². The molecule has 3 aliphatic rings. The Kier molecular flexibility index (Phi) is 3.45. The van der Waals surface area contributed by atoms with Crippen LogP contribution in [0.1, 0.15) is 45.4 Å². The Balaban J connectivity index is 1.53. The standard InChI is InChI=1S/C15H27NO/c1-10(14-8-11-3-4-13(14)7-11)16-15(9-17-2)12-5-6-12/h10-16H,3-9H2,1-2H3. The largest absolute Gasteiger partial charge is 0.383 e. The molecule has 0 spiro atoms. The summed E-state index contributed by atoms with van der Waals surface area (Å²) in [6.07, 6.45) is 8.84. The van der Waals surface area contributed by atoms with Gasteiger partial charge in [-0.1, -0.05) is 6.42 Å². The number of methoxy groups -OCH3 is 1. The lowest BCUT2D eigenvalue weighted by atomic mass is 9.83. The summed E-state index contributed by atoms with van der Waals surface area (Å²) < 4.78 is 5.37. The van der Waals surface area contributed by atoms with Crippen LogP contribution in [0.3, 0.4) is 0 Å². The van der Waals surface area contributed by atoms with Gasteiger partial charge >= 0.3 is 0 Å². The first-order valence-corrected chi connectivity index (χ1v) is 7.53. The maximum Gasteiger partial charge on any atom is 0.0618 e. The maximum absolute atomic E-state index is 5.37. The molecule has 0 amide bonds. The van der Waals surface area contributed by atoms with Crippen molar-refractivity contribution in [3.63, 3.8) is 0 Å². The smallest absolute Gasteiger partial charge is 0.0618 e. The molecule has 2 nitrogen and oxygen atoms in total. The van der Waals surface area contributed by atoms with E-state index in [1.54, 1.807) is 0 Å². The van der Waals surface area contributed by atoms with Crippen LogP contribution in [-0.2, 0) is 4.74 Å². The molecule has 98 valence electrons. The van der Waals surface area contributed by atoms with E-state index in [9.17, 15) is 0 Å². The fourth-order valence-corrected chi connectivity index (χ4v) is 4.37. The van der Waals surface area contributed by atoms with Gasteiger partial charge in [-0.3, -0.25) is 0 Å². The summed E-state index contributed by atoms with van der Waals surface area (Å²) in [6.45, 7) is 3.31. The number of ether oxygens (including phenoxy) is 1. The predicted molar refractivity (Wildman–Crippen MR) is 69.9 cm³/mol. The Morgan fingerprint density at radius 1 is 1.18 bits per heavy atom. The maximum atomic E-state index is 5.37. The van der Waals surface area contributed by atoms with E-state index in [2.05, 4.69) is 12.2 Å². The van der Waals surface area contributed by atoms with Gasteiger partial charge < -0.3 is 10.1 Å². The highest BCUT2D eigenvalue weighted by Crippen LogP contribution is 2.49. The molecule has 0 aromatic rings. The average Bonchev–Trinajstić information content (AvgIpc) is 2.96. The molecule has 2 heteroatoms. The first kappa shape index (κ1) is 12.0. The van der Waals surface area contributed by atoms with Gasteiger partial charge in [0.25, 0.3) is 0 Å². The Morgan fingerprint density at radius 2 is 2.00 bits per heavy atom. The molecular weight excluding hydrogens is 210 g/mol. The number of hydrogen-bond acceptors (Lipinski definition) is 2. The fourth-order valence-electron chi connectivity index (χ4n) is 4.37. The highest BCUT2D eigenvalue weighted by atomic mass is 16.5. The molecular formula is C15H27NO. The molecule has 17 heavy (non-hydrogen) atoms. The van der Waals surface area contributed by atoms with Gasteiger partial charge in [-0.15, -0.1) is 0 Å². The highest BCUT2D eigenvalue weighted by Gasteiger charge is 2.43. The topological polar surface area (TPSA) is 21.3 Å². The Hall–Kier alpha value is -0.0800. The van der Waals surface area contributed by atoms with Gasteiger partial charge in [-0.2, -0.15) is 0 Å². The van der Waals surface area contributed by atoms with Gasteiger partial charge in [0.15, 0.2) is 0 Å². The van der Waals surface area contributed by atoms with Crippen molar-refractivity contribution in [3.05, 3.63) is 0 Å². The highest BCUT2D eigenvalue weighted by molar-refractivity contribution is 4.96. The van der Waals surface area contributed by atoms with Crippen LogP contribution in [-0.4, -0.2) is 25.8 Å². The van der Waals surface area contributed by atoms with E-state index in [1.807, 2.05) is 7.11 Å². The van der Waals surface area contributed by atoms with Crippen molar-refractivity contribution in [1.29, 1.82) is 0 Å². The Bertz CT molecular complexity index is 264. The molecule has 3 saturated carbocycles. The molecule has 0 radical (unpaired) electrons. The number of rotatable bonds is 6. The van der Waals surface area contributed by atoms with E-state index >= 15 is 0 Å². The number of nitrogens with one attached hydrogen (secondary N) is 1. The van der Waals surface area contributed by atoms with Gasteiger partial charge in [-0.25, -0.2) is 0 Å². The summed E-state index contributed by atoms with van der Waals surface area (Å²) >= 11 is 0. The van der Waals surface area contributed by atoms with E-state index in [4.69, 9.17) is 4.74 Å². The van der Waals surface area contributed by atoms with Gasteiger partial charge in [0, 0.05) is 19.2 Å². The van der Waals surface area contributed by atoms with Gasteiger partial charge in [0.05, 0.1) is 6.61 Å². The lowest BCUT2D eigenvalue weighted by molar-refractivity contribution is 0.139. The van der Waals surface area contributed by atoms with Crippen molar-refractivity contribution in [2.45, 2.75) is 57.5 Å². The van der Waals surface area contributed by atoms with Crippen molar-refractivity contribution >= 4 is 0 Å². The van der Waals surface area contributed by atoms with E-state index in [0.717, 1.165) is 30.3 Å². The number of fused-ring (bicyclic) bond motifs is 2. The van der Waals surface area contributed by atoms with Crippen LogP contribution >= 0.6 is 0 Å². The molecule has 3 rings (SSSR count). The van der Waals surface area contributed by atoms with Crippen LogP contribution in [0.2, 0.25) is 0 Å². The summed E-state index contributed by atoms with van der Waals surface area (Å²) in [5.74, 6) is 3.95. The molecule has 0 aliphatic heterocycles. The lowest BCUT2D eigenvalue weighted by Crippen LogP contribution is -2.45. The first-order chi connectivity index (χ1) is 8.28. The predicted octanol–water partition coefficient (Wildman–Crippen LogP) is 2.83. The van der Waals surface area contributed by atoms with Crippen LogP contribution in [0, 0.1) is 23.7 Å². The molecule has 0 aromatic carbocycles. The van der Waals surface area contributed by atoms with E-state index in [-0.39, 0.29) is 0 Å². The summed E-state index contributed by atoms with van der Waals surface area (Å²) in [7, 11) is 1.83. The summed E-state index contributed by atoms with van der Waals surface area (Å²) in [4.78, 5) is 0. The van der Waals surface area contributed by atoms with Gasteiger partial charge in [-0.05, 0) is 62.7 Å². The second kappa shape index (κ2) is 4.89. The Morgan fingerprint density at radius 3 is 2.53 bits per heavy atom. The molecule has 5 atom stereocenters. The Labute approximate surface area is 105 Å². The molecule has 1 N–H and O–H groups in total. The fraction of sp³-hybridized carbons (Fsp3) is 1.00. The first-order valence-electron chi connectivity index (χ1n) is 7.53. The SMILES string of the molecule is COCC(NC(C)C1CC2CCC1C2)C1CC1. The minimum absolute atomic E-state index is 0.620. The molecule has 0 saturated heterocycles. The molecule has 2 bridgehead atoms. The quantitative estimate of drug-likeness (QED) is 0.767. The van der Waals surface area contributed by atoms with E-state index in [1.165, 1.54) is 38.5 Å². The third kappa shape index (κ3) is 2.53. The van der Waals surface area contributed by atoms with Crippen molar-refractivity contribution in [1.82, 2.24) is 5.32 Å². The third-order valence-electron chi connectivity index (χ3n) is 5.45. The number of hydrogen-bond donors (Lipinski definition) is 1. The molecule has 0 aromatic heterocycles. The van der Waals surface area contributed by atoms with Crippen LogP contribution in [0.25, 0.3) is 0 Å². The van der Waals surface area contributed by atoms with Gasteiger partial charge in [0.1, 0.15) is 0 Å². The monoisotopic (exact) mass is 237 g/mol. The second-order valence-corrected chi connectivity index (χ2v) is 6.69. The van der Waals surface area contributed by atoms with Crippen LogP contribution < -0.4 is 5.32 Å². The summed E-state index contributed by atoms with van der Waals surface area (Å²) in [6, 6.07) is 1.32. The minimum Gasteiger partial charge on any atom is -0.383 e. The lowest BCUT2D eigenvalue weighted by Gasteiger charge is -2.32. The zero-order chi connectivity index (χ0) is 11.8. The summed E-state index contributed by atoms with van der Waals surface area (Å²) in [5.41, 5.74) is 0. The van der Waals surface area contributed by atoms with Gasteiger partial charge in [0.2, 0.25) is 0 Å². The van der Waals surface area contributed by atoms with Crippen LogP contribution in [0.15, 0.2) is 0 Å². The van der Waals surface area contributed by atoms with Crippen molar-refractivity contribution in [2.75, 3.05) is 13.7 Å². The zero-order valence-electron chi connectivity index (χ0n) is 11.3. The summed E-state index contributed by atoms with van der Waals surface area (Å²) in [5, 5.41) is 3.88. The molecule has 3 aliphatic carbocycles. The van der Waals surface area contributed by atoms with E-state index in [0.29, 0.717) is 12.1 Å². The normalized spacial score (nSPS) is 39.5. The molecule has 5 unspecified atom stereocenters. The minimum atomic E-state index is 0.620. The van der Waals surface area contributed by atoms with Crippen LogP contribution in [0.4, 0.5) is 0 Å². The zero-order valence-corrected chi connectivity index (χ0v) is 11.3. The average molecular weight is 237 g/mol. The third-order valence-corrected chi connectivity index (χ3v) is 5.45. The molecule has 0 heterocycles. The van der Waals surface area contributed by atoms with Crippen molar-refractivity contribution in [3.8, 4) is 0 Å². The molecule has 3 fully saturated rings. The van der Waals surface area contributed by atoms with Crippen molar-refractivity contribution in [2.24, 2.45) is 23.7 Å². The second-order valence-electron chi connectivity index (χ2n) is 6.69. The van der Waals surface area contributed by atoms with E-state index < -0.39 is 0 Å².